The molecular weight excluding hydrogens is 466 g/mol. The maximum Gasteiger partial charge on any atom is 0.343 e. The lowest BCUT2D eigenvalue weighted by atomic mass is 10.2. The fourth-order valence-corrected chi connectivity index (χ4v) is 2.95. The van der Waals surface area contributed by atoms with E-state index < -0.39 is 17.8 Å². The summed E-state index contributed by atoms with van der Waals surface area (Å²) in [5.41, 5.74) is 3.45. The number of hydrazone groups is 1. The lowest BCUT2D eigenvalue weighted by molar-refractivity contribution is -0.136. The zero-order valence-corrected chi connectivity index (χ0v) is 19.9. The van der Waals surface area contributed by atoms with Crippen molar-refractivity contribution in [2.75, 3.05) is 26.1 Å². The molecule has 0 aliphatic carbocycles. The average molecular weight is 492 g/mol. The SMILES string of the molecule is CCOc1cc(/C=N\NC(=O)C(=O)Nc2cccc(OC)c2)ccc1OC(=O)c1ccc(OC)cc1. The molecule has 36 heavy (non-hydrogen) atoms. The molecule has 0 heterocycles. The van der Waals surface area contributed by atoms with Crippen LogP contribution in [-0.2, 0) is 9.59 Å². The van der Waals surface area contributed by atoms with Crippen LogP contribution in [0.15, 0.2) is 71.8 Å². The third-order valence-electron chi connectivity index (χ3n) is 4.71. The minimum atomic E-state index is -0.954. The van der Waals surface area contributed by atoms with Gasteiger partial charge in [0.2, 0.25) is 0 Å². The Morgan fingerprint density at radius 1 is 0.861 bits per heavy atom. The Morgan fingerprint density at radius 2 is 1.61 bits per heavy atom. The highest BCUT2D eigenvalue weighted by Gasteiger charge is 2.15. The van der Waals surface area contributed by atoms with Gasteiger partial charge >= 0.3 is 17.8 Å². The quantitative estimate of drug-likeness (QED) is 0.155. The van der Waals surface area contributed by atoms with Crippen LogP contribution in [0.3, 0.4) is 0 Å². The molecular formula is C26H25N3O7. The van der Waals surface area contributed by atoms with Crippen LogP contribution >= 0.6 is 0 Å². The van der Waals surface area contributed by atoms with Crippen molar-refractivity contribution in [3.63, 3.8) is 0 Å². The van der Waals surface area contributed by atoms with Crippen LogP contribution in [0.4, 0.5) is 5.69 Å². The number of methoxy groups -OCH3 is 2. The van der Waals surface area contributed by atoms with E-state index in [2.05, 4.69) is 15.8 Å². The molecule has 0 aromatic heterocycles. The summed E-state index contributed by atoms with van der Waals surface area (Å²) in [6.45, 7) is 2.12. The van der Waals surface area contributed by atoms with Gasteiger partial charge in [0, 0.05) is 11.8 Å². The van der Waals surface area contributed by atoms with Gasteiger partial charge in [-0.25, -0.2) is 10.2 Å². The Morgan fingerprint density at radius 3 is 2.31 bits per heavy atom. The monoisotopic (exact) mass is 491 g/mol. The molecule has 10 nitrogen and oxygen atoms in total. The molecule has 0 bridgehead atoms. The summed E-state index contributed by atoms with van der Waals surface area (Å²) >= 11 is 0. The van der Waals surface area contributed by atoms with E-state index in [9.17, 15) is 14.4 Å². The first-order valence-electron chi connectivity index (χ1n) is 10.8. The Hall–Kier alpha value is -4.86. The molecule has 0 saturated heterocycles. The van der Waals surface area contributed by atoms with Crippen molar-refractivity contribution >= 4 is 29.7 Å². The summed E-state index contributed by atoms with van der Waals surface area (Å²) in [5.74, 6) is -0.721. The van der Waals surface area contributed by atoms with Crippen LogP contribution in [0.25, 0.3) is 0 Å². The number of esters is 1. The first-order valence-corrected chi connectivity index (χ1v) is 10.8. The van der Waals surface area contributed by atoms with Gasteiger partial charge in [-0.3, -0.25) is 9.59 Å². The summed E-state index contributed by atoms with van der Waals surface area (Å²) in [6, 6.07) is 17.8. The van der Waals surface area contributed by atoms with Crippen molar-refractivity contribution in [2.45, 2.75) is 6.92 Å². The summed E-state index contributed by atoms with van der Waals surface area (Å²) in [4.78, 5) is 36.6. The molecule has 0 aliphatic rings. The molecule has 0 atom stereocenters. The number of nitrogens with one attached hydrogen (secondary N) is 2. The van der Waals surface area contributed by atoms with E-state index in [1.807, 2.05) is 0 Å². The molecule has 186 valence electrons. The van der Waals surface area contributed by atoms with Crippen LogP contribution < -0.4 is 29.7 Å². The van der Waals surface area contributed by atoms with Gasteiger partial charge in [-0.15, -0.1) is 0 Å². The maximum atomic E-state index is 12.5. The average Bonchev–Trinajstić information content (AvgIpc) is 2.90. The molecule has 2 N–H and O–H groups in total. The van der Waals surface area contributed by atoms with Gasteiger partial charge in [0.25, 0.3) is 0 Å². The number of amides is 2. The van der Waals surface area contributed by atoms with E-state index in [1.54, 1.807) is 73.7 Å². The van der Waals surface area contributed by atoms with Gasteiger partial charge < -0.3 is 24.3 Å². The van der Waals surface area contributed by atoms with Crippen molar-refractivity contribution in [2.24, 2.45) is 5.10 Å². The predicted octanol–water partition coefficient (Wildman–Crippen LogP) is 3.41. The third-order valence-corrected chi connectivity index (χ3v) is 4.71. The second kappa shape index (κ2) is 12.6. The van der Waals surface area contributed by atoms with E-state index in [0.29, 0.717) is 40.7 Å². The smallest absolute Gasteiger partial charge is 0.343 e. The molecule has 0 unspecified atom stereocenters. The fourth-order valence-electron chi connectivity index (χ4n) is 2.95. The van der Waals surface area contributed by atoms with Gasteiger partial charge in [-0.1, -0.05) is 6.07 Å². The predicted molar refractivity (Wildman–Crippen MR) is 133 cm³/mol. The Kier molecular flexibility index (Phi) is 8.99. The molecule has 0 saturated carbocycles. The number of carbonyl (C=O) groups is 3. The van der Waals surface area contributed by atoms with Gasteiger partial charge in [0.05, 0.1) is 32.6 Å². The number of anilines is 1. The first-order chi connectivity index (χ1) is 17.4. The molecule has 0 radical (unpaired) electrons. The lowest BCUT2D eigenvalue weighted by Gasteiger charge is -2.11. The number of hydrogen-bond acceptors (Lipinski definition) is 8. The zero-order chi connectivity index (χ0) is 25.9. The topological polar surface area (TPSA) is 125 Å². The summed E-state index contributed by atoms with van der Waals surface area (Å²) in [6.07, 6.45) is 1.33. The summed E-state index contributed by atoms with van der Waals surface area (Å²) < 4.78 is 21.2. The number of rotatable bonds is 9. The molecule has 10 heteroatoms. The number of benzene rings is 3. The second-order valence-electron chi connectivity index (χ2n) is 7.14. The zero-order valence-electron chi connectivity index (χ0n) is 19.9. The number of nitrogens with zero attached hydrogens (tertiary/aromatic N) is 1. The number of ether oxygens (including phenoxy) is 4. The highest BCUT2D eigenvalue weighted by Crippen LogP contribution is 2.29. The fraction of sp³-hybridized carbons (Fsp3) is 0.154. The molecule has 3 rings (SSSR count). The molecule has 2 amide bonds. The van der Waals surface area contributed by atoms with Crippen LogP contribution in [0.2, 0.25) is 0 Å². The summed E-state index contributed by atoms with van der Waals surface area (Å²) in [5, 5.41) is 6.26. The molecule has 3 aromatic carbocycles. The van der Waals surface area contributed by atoms with Crippen LogP contribution in [0, 0.1) is 0 Å². The van der Waals surface area contributed by atoms with Gasteiger partial charge in [0.15, 0.2) is 11.5 Å². The molecule has 0 fully saturated rings. The minimum absolute atomic E-state index is 0.219. The van der Waals surface area contributed by atoms with Gasteiger partial charge in [0.1, 0.15) is 11.5 Å². The van der Waals surface area contributed by atoms with E-state index >= 15 is 0 Å². The van der Waals surface area contributed by atoms with Crippen LogP contribution in [0.1, 0.15) is 22.8 Å². The van der Waals surface area contributed by atoms with Gasteiger partial charge in [-0.05, 0) is 67.1 Å². The van der Waals surface area contributed by atoms with E-state index in [4.69, 9.17) is 18.9 Å². The Balaban J connectivity index is 1.62. The highest BCUT2D eigenvalue weighted by atomic mass is 16.6. The first kappa shape index (κ1) is 25.8. The summed E-state index contributed by atoms with van der Waals surface area (Å²) in [7, 11) is 3.03. The second-order valence-corrected chi connectivity index (χ2v) is 7.14. The molecule has 0 spiro atoms. The van der Waals surface area contributed by atoms with Crippen molar-refractivity contribution in [1.29, 1.82) is 0 Å². The van der Waals surface area contributed by atoms with Crippen molar-refractivity contribution in [1.82, 2.24) is 5.43 Å². The van der Waals surface area contributed by atoms with Crippen molar-refractivity contribution in [3.05, 3.63) is 77.9 Å². The van der Waals surface area contributed by atoms with Crippen LogP contribution in [0.5, 0.6) is 23.0 Å². The third kappa shape index (κ3) is 7.07. The lowest BCUT2D eigenvalue weighted by Crippen LogP contribution is -2.32. The van der Waals surface area contributed by atoms with Crippen molar-refractivity contribution < 1.29 is 33.3 Å². The number of carbonyl (C=O) groups excluding carboxylic acids is 3. The minimum Gasteiger partial charge on any atom is -0.497 e. The largest absolute Gasteiger partial charge is 0.497 e. The molecule has 0 aliphatic heterocycles. The normalized spacial score (nSPS) is 10.4. The van der Waals surface area contributed by atoms with Gasteiger partial charge in [-0.2, -0.15) is 5.10 Å². The Labute approximate surface area is 207 Å². The van der Waals surface area contributed by atoms with E-state index in [-0.39, 0.29) is 5.75 Å². The number of hydrogen-bond donors (Lipinski definition) is 2. The Bertz CT molecular complexity index is 1260. The van der Waals surface area contributed by atoms with Crippen molar-refractivity contribution in [3.8, 4) is 23.0 Å². The standard InChI is InChI=1S/C26H25N3O7/c1-4-35-23-14-17(8-13-22(23)36-26(32)18-9-11-20(33-2)12-10-18)16-27-29-25(31)24(30)28-19-6-5-7-21(15-19)34-3/h5-16H,4H2,1-3H3,(H,28,30)(H,29,31)/b27-16-. The molecule has 3 aromatic rings. The highest BCUT2D eigenvalue weighted by molar-refractivity contribution is 6.39. The maximum absolute atomic E-state index is 12.5. The van der Waals surface area contributed by atoms with E-state index in [1.165, 1.54) is 20.4 Å². The van der Waals surface area contributed by atoms with Crippen LogP contribution in [-0.4, -0.2) is 44.8 Å². The van der Waals surface area contributed by atoms with E-state index in [0.717, 1.165) is 0 Å².